The zero-order chi connectivity index (χ0) is 16.7. The fourth-order valence-electron chi connectivity index (χ4n) is 1.94. The average Bonchev–Trinajstić information content (AvgIpc) is 2.99. The van der Waals surface area contributed by atoms with E-state index in [9.17, 15) is 10.1 Å². The van der Waals surface area contributed by atoms with Gasteiger partial charge in [0.05, 0.1) is 24.6 Å². The lowest BCUT2D eigenvalue weighted by molar-refractivity contribution is -0.385. The molecule has 0 radical (unpaired) electrons. The molecule has 9 nitrogen and oxygen atoms in total. The maximum absolute atomic E-state index is 10.6. The zero-order valence-corrected chi connectivity index (χ0v) is 12.7. The molecule has 0 fully saturated rings. The van der Waals surface area contributed by atoms with Gasteiger partial charge in [0.1, 0.15) is 12.4 Å². The van der Waals surface area contributed by atoms with Crippen LogP contribution < -0.4 is 11.1 Å². The number of aliphatic imine (C=N–C) groups is 1. The van der Waals surface area contributed by atoms with Crippen LogP contribution in [0.25, 0.3) is 0 Å². The van der Waals surface area contributed by atoms with Crippen LogP contribution in [0.4, 0.5) is 11.4 Å². The molecule has 0 bridgehead atoms. The lowest BCUT2D eigenvalue weighted by atomic mass is 10.2. The molecule has 0 aliphatic rings. The first kappa shape index (κ1) is 16.4. The van der Waals surface area contributed by atoms with E-state index in [-0.39, 0.29) is 11.6 Å². The van der Waals surface area contributed by atoms with E-state index in [0.717, 1.165) is 11.3 Å². The summed E-state index contributed by atoms with van der Waals surface area (Å²) in [6, 6.07) is 7.62. The molecule has 1 aromatic heterocycles. The minimum absolute atomic E-state index is 0.0476. The van der Waals surface area contributed by atoms with Crippen LogP contribution in [0.3, 0.4) is 0 Å². The summed E-state index contributed by atoms with van der Waals surface area (Å²) in [7, 11) is 1.62. The number of nitrogens with zero attached hydrogens (tertiary/aromatic N) is 4. The summed E-state index contributed by atoms with van der Waals surface area (Å²) in [6.45, 7) is 1.22. The van der Waals surface area contributed by atoms with Crippen molar-refractivity contribution < 1.29 is 9.66 Å². The lowest BCUT2D eigenvalue weighted by Gasteiger charge is -2.10. The van der Waals surface area contributed by atoms with Gasteiger partial charge in [-0.3, -0.25) is 19.8 Å². The smallest absolute Gasteiger partial charge is 0.306 e. The van der Waals surface area contributed by atoms with Crippen molar-refractivity contribution in [3.63, 3.8) is 0 Å². The van der Waals surface area contributed by atoms with Gasteiger partial charge in [-0.25, -0.2) is 0 Å². The van der Waals surface area contributed by atoms with Crippen molar-refractivity contribution in [2.45, 2.75) is 13.2 Å². The number of rotatable bonds is 7. The topological polar surface area (TPSA) is 121 Å². The molecule has 1 aromatic carbocycles. The molecule has 0 atom stereocenters. The van der Waals surface area contributed by atoms with E-state index in [0.29, 0.717) is 19.7 Å². The Morgan fingerprint density at radius 1 is 1.52 bits per heavy atom. The Morgan fingerprint density at radius 3 is 3.00 bits per heavy atom. The molecule has 0 amide bonds. The standard InChI is InChI=1S/C14H18N6O3/c1-23-10-11-4-2-3-5-13(11)18-14(15)16-6-7-19-9-12(8-17-19)20(21)22/h2-5,8-9H,6-7,10H2,1H3,(H3,15,16,18). The van der Waals surface area contributed by atoms with Gasteiger partial charge < -0.3 is 15.8 Å². The van der Waals surface area contributed by atoms with Gasteiger partial charge in [-0.15, -0.1) is 0 Å². The van der Waals surface area contributed by atoms with Gasteiger partial charge in [-0.1, -0.05) is 18.2 Å². The predicted molar refractivity (Wildman–Crippen MR) is 86.1 cm³/mol. The molecular weight excluding hydrogens is 300 g/mol. The second-order valence-electron chi connectivity index (χ2n) is 4.70. The third kappa shape index (κ3) is 4.78. The molecule has 9 heteroatoms. The summed E-state index contributed by atoms with van der Waals surface area (Å²) in [5.41, 5.74) is 7.59. The number of ether oxygens (including phenoxy) is 1. The van der Waals surface area contributed by atoms with Crippen LogP contribution in [-0.4, -0.2) is 34.3 Å². The highest BCUT2D eigenvalue weighted by atomic mass is 16.6. The van der Waals surface area contributed by atoms with Crippen molar-refractivity contribution in [2.24, 2.45) is 10.7 Å². The highest BCUT2D eigenvalue weighted by Crippen LogP contribution is 2.15. The first-order valence-corrected chi connectivity index (χ1v) is 6.91. The molecule has 0 saturated carbocycles. The largest absolute Gasteiger partial charge is 0.380 e. The summed E-state index contributed by atoms with van der Waals surface area (Å²) in [5, 5.41) is 17.5. The maximum Gasteiger partial charge on any atom is 0.306 e. The molecule has 122 valence electrons. The van der Waals surface area contributed by atoms with Crippen molar-refractivity contribution in [3.8, 4) is 0 Å². The lowest BCUT2D eigenvalue weighted by Crippen LogP contribution is -2.24. The molecule has 0 unspecified atom stereocenters. The Balaban J connectivity index is 1.91. The van der Waals surface area contributed by atoms with Crippen LogP contribution in [0, 0.1) is 10.1 Å². The van der Waals surface area contributed by atoms with E-state index in [1.165, 1.54) is 17.1 Å². The summed E-state index contributed by atoms with van der Waals surface area (Å²) >= 11 is 0. The second-order valence-corrected chi connectivity index (χ2v) is 4.70. The van der Waals surface area contributed by atoms with Crippen molar-refractivity contribution in [3.05, 3.63) is 52.3 Å². The summed E-state index contributed by atoms with van der Waals surface area (Å²) in [5.74, 6) is 0.259. The van der Waals surface area contributed by atoms with Gasteiger partial charge in [0.25, 0.3) is 0 Å². The van der Waals surface area contributed by atoms with Crippen molar-refractivity contribution in [1.29, 1.82) is 0 Å². The molecular formula is C14H18N6O3. The second kappa shape index (κ2) is 7.90. The number of hydrogen-bond acceptors (Lipinski definition) is 5. The number of aromatic nitrogens is 2. The predicted octanol–water partition coefficient (Wildman–Crippen LogP) is 1.36. The van der Waals surface area contributed by atoms with Crippen molar-refractivity contribution >= 4 is 17.3 Å². The van der Waals surface area contributed by atoms with Gasteiger partial charge in [0, 0.05) is 18.4 Å². The first-order chi connectivity index (χ1) is 11.1. The maximum atomic E-state index is 10.6. The van der Waals surface area contributed by atoms with E-state index in [1.807, 2.05) is 24.3 Å². The van der Waals surface area contributed by atoms with E-state index in [1.54, 1.807) is 7.11 Å². The van der Waals surface area contributed by atoms with Crippen molar-refractivity contribution in [2.75, 3.05) is 19.0 Å². The average molecular weight is 318 g/mol. The van der Waals surface area contributed by atoms with Gasteiger partial charge in [0.15, 0.2) is 5.96 Å². The van der Waals surface area contributed by atoms with Gasteiger partial charge in [-0.2, -0.15) is 5.10 Å². The number of nitrogens with two attached hydrogens (primary N) is 1. The Hall–Kier alpha value is -2.94. The summed E-state index contributed by atoms with van der Waals surface area (Å²) in [6.07, 6.45) is 2.55. The minimum atomic E-state index is -0.491. The quantitative estimate of drug-likeness (QED) is 0.344. The Morgan fingerprint density at radius 2 is 2.30 bits per heavy atom. The number of hydrogen-bond donors (Lipinski definition) is 2. The van der Waals surface area contributed by atoms with Crippen LogP contribution in [-0.2, 0) is 17.9 Å². The van der Waals surface area contributed by atoms with Crippen LogP contribution >= 0.6 is 0 Å². The fourth-order valence-corrected chi connectivity index (χ4v) is 1.94. The van der Waals surface area contributed by atoms with E-state index >= 15 is 0 Å². The molecule has 0 saturated heterocycles. The summed E-state index contributed by atoms with van der Waals surface area (Å²) < 4.78 is 6.58. The Kier molecular flexibility index (Phi) is 5.64. The molecule has 0 aliphatic heterocycles. The van der Waals surface area contributed by atoms with Gasteiger partial charge >= 0.3 is 5.69 Å². The normalized spacial score (nSPS) is 11.4. The highest BCUT2D eigenvalue weighted by molar-refractivity contribution is 5.92. The molecule has 2 aromatic rings. The van der Waals surface area contributed by atoms with Crippen LogP contribution in [0.15, 0.2) is 41.7 Å². The van der Waals surface area contributed by atoms with Crippen LogP contribution in [0.1, 0.15) is 5.56 Å². The third-order valence-corrected chi connectivity index (χ3v) is 3.02. The number of methoxy groups -OCH3 is 1. The molecule has 2 rings (SSSR count). The Labute approximate surface area is 132 Å². The number of guanidine groups is 1. The molecule has 23 heavy (non-hydrogen) atoms. The number of para-hydroxylation sites is 1. The molecule has 0 spiro atoms. The monoisotopic (exact) mass is 318 g/mol. The SMILES string of the molecule is COCc1ccccc1NC(N)=NCCn1cc([N+](=O)[O-])cn1. The number of nitrogens with one attached hydrogen (secondary N) is 1. The Bertz CT molecular complexity index is 697. The third-order valence-electron chi connectivity index (χ3n) is 3.02. The van der Waals surface area contributed by atoms with E-state index in [4.69, 9.17) is 10.5 Å². The molecule has 1 heterocycles. The zero-order valence-electron chi connectivity index (χ0n) is 12.7. The molecule has 3 N–H and O–H groups in total. The van der Waals surface area contributed by atoms with Crippen LogP contribution in [0.5, 0.6) is 0 Å². The number of nitro groups is 1. The number of benzene rings is 1. The first-order valence-electron chi connectivity index (χ1n) is 6.91. The molecule has 0 aliphatic carbocycles. The van der Waals surface area contributed by atoms with E-state index < -0.39 is 4.92 Å². The van der Waals surface area contributed by atoms with E-state index in [2.05, 4.69) is 15.4 Å². The van der Waals surface area contributed by atoms with Gasteiger partial charge in [-0.05, 0) is 6.07 Å². The van der Waals surface area contributed by atoms with Gasteiger partial charge in [0.2, 0.25) is 0 Å². The summed E-state index contributed by atoms with van der Waals surface area (Å²) in [4.78, 5) is 14.3. The van der Waals surface area contributed by atoms with Crippen molar-refractivity contribution in [1.82, 2.24) is 9.78 Å². The minimum Gasteiger partial charge on any atom is -0.380 e. The fraction of sp³-hybridized carbons (Fsp3) is 0.286. The number of anilines is 1. The highest BCUT2D eigenvalue weighted by Gasteiger charge is 2.08. The van der Waals surface area contributed by atoms with Crippen LogP contribution in [0.2, 0.25) is 0 Å².